The van der Waals surface area contributed by atoms with Crippen molar-refractivity contribution in [2.24, 2.45) is 0 Å². The van der Waals surface area contributed by atoms with Crippen molar-refractivity contribution in [2.45, 2.75) is 26.8 Å². The highest BCUT2D eigenvalue weighted by Crippen LogP contribution is 2.24. The summed E-state index contributed by atoms with van der Waals surface area (Å²) in [5.41, 5.74) is 2.80. The Morgan fingerprint density at radius 1 is 1.32 bits per heavy atom. The zero-order chi connectivity index (χ0) is 13.4. The maximum Gasteiger partial charge on any atom is 0.157 e. The van der Waals surface area contributed by atoms with Crippen LogP contribution in [0.3, 0.4) is 0 Å². The second kappa shape index (κ2) is 4.38. The van der Waals surface area contributed by atoms with Gasteiger partial charge in [-0.25, -0.2) is 9.50 Å². The van der Waals surface area contributed by atoms with Crippen LogP contribution in [-0.2, 0) is 0 Å². The van der Waals surface area contributed by atoms with Crippen molar-refractivity contribution in [2.75, 3.05) is 5.32 Å². The van der Waals surface area contributed by atoms with Crippen molar-refractivity contribution in [3.05, 3.63) is 41.5 Å². The van der Waals surface area contributed by atoms with E-state index in [2.05, 4.69) is 27.5 Å². The number of anilines is 1. The van der Waals surface area contributed by atoms with E-state index in [1.54, 1.807) is 10.7 Å². The molecule has 0 amide bonds. The minimum Gasteiger partial charge on any atom is -0.363 e. The van der Waals surface area contributed by atoms with Crippen LogP contribution in [0.25, 0.3) is 5.65 Å². The highest BCUT2D eigenvalue weighted by atomic mass is 16.5. The molecule has 0 saturated carbocycles. The Morgan fingerprint density at radius 2 is 2.16 bits per heavy atom. The van der Waals surface area contributed by atoms with Gasteiger partial charge in [-0.05, 0) is 26.8 Å². The van der Waals surface area contributed by atoms with E-state index >= 15 is 0 Å². The molecule has 0 aromatic carbocycles. The monoisotopic (exact) mass is 257 g/mol. The van der Waals surface area contributed by atoms with E-state index in [-0.39, 0.29) is 6.04 Å². The third-order valence-electron chi connectivity index (χ3n) is 3.14. The summed E-state index contributed by atoms with van der Waals surface area (Å²) in [6.07, 6.45) is 3.61. The Labute approximate surface area is 110 Å². The number of nitrogens with zero attached hydrogens (tertiary/aromatic N) is 4. The van der Waals surface area contributed by atoms with Crippen LogP contribution < -0.4 is 5.32 Å². The molecular formula is C13H15N5O. The van der Waals surface area contributed by atoms with Gasteiger partial charge in [0.2, 0.25) is 0 Å². The van der Waals surface area contributed by atoms with Gasteiger partial charge in [-0.1, -0.05) is 5.16 Å². The van der Waals surface area contributed by atoms with E-state index < -0.39 is 0 Å². The lowest BCUT2D eigenvalue weighted by molar-refractivity contribution is 0.392. The van der Waals surface area contributed by atoms with Crippen LogP contribution in [-0.4, -0.2) is 19.8 Å². The Hall–Kier alpha value is -2.37. The van der Waals surface area contributed by atoms with Gasteiger partial charge < -0.3 is 9.84 Å². The fourth-order valence-corrected chi connectivity index (χ4v) is 2.30. The van der Waals surface area contributed by atoms with Crippen LogP contribution in [0.5, 0.6) is 0 Å². The summed E-state index contributed by atoms with van der Waals surface area (Å²) in [6.45, 7) is 5.92. The van der Waals surface area contributed by atoms with Crippen LogP contribution in [0.1, 0.15) is 30.0 Å². The fourth-order valence-electron chi connectivity index (χ4n) is 2.30. The number of nitrogens with one attached hydrogen (secondary N) is 1. The van der Waals surface area contributed by atoms with Crippen LogP contribution in [0.15, 0.2) is 29.0 Å². The molecule has 3 aromatic rings. The molecule has 0 aliphatic rings. The molecule has 98 valence electrons. The highest BCUT2D eigenvalue weighted by Gasteiger charge is 2.16. The molecule has 3 rings (SSSR count). The first kappa shape index (κ1) is 11.7. The lowest BCUT2D eigenvalue weighted by atomic mass is 10.1. The van der Waals surface area contributed by atoms with Crippen LogP contribution in [0, 0.1) is 13.8 Å². The largest absolute Gasteiger partial charge is 0.363 e. The van der Waals surface area contributed by atoms with Gasteiger partial charge in [-0.3, -0.25) is 0 Å². The van der Waals surface area contributed by atoms with Crippen molar-refractivity contribution in [1.29, 1.82) is 0 Å². The van der Waals surface area contributed by atoms with Gasteiger partial charge in [0.15, 0.2) is 5.65 Å². The summed E-state index contributed by atoms with van der Waals surface area (Å²) in [5, 5.41) is 11.4. The van der Waals surface area contributed by atoms with Gasteiger partial charge in [-0.15, -0.1) is 0 Å². The smallest absolute Gasteiger partial charge is 0.157 e. The molecule has 1 N–H and O–H groups in total. The molecule has 1 atom stereocenters. The first-order valence-electron chi connectivity index (χ1n) is 6.15. The van der Waals surface area contributed by atoms with Gasteiger partial charge in [0, 0.05) is 17.8 Å². The van der Waals surface area contributed by atoms with Gasteiger partial charge in [0.1, 0.15) is 11.6 Å². The molecule has 0 radical (unpaired) electrons. The number of aromatic nitrogens is 4. The molecule has 6 heteroatoms. The Kier molecular flexibility index (Phi) is 2.70. The maximum absolute atomic E-state index is 5.19. The lowest BCUT2D eigenvalue weighted by Gasteiger charge is -2.14. The second-order valence-electron chi connectivity index (χ2n) is 4.55. The van der Waals surface area contributed by atoms with E-state index in [1.165, 1.54) is 0 Å². The van der Waals surface area contributed by atoms with E-state index in [0.29, 0.717) is 0 Å². The average molecular weight is 257 g/mol. The Bertz CT molecular complexity index is 695. The summed E-state index contributed by atoms with van der Waals surface area (Å²) < 4.78 is 6.92. The normalized spacial score (nSPS) is 12.8. The molecule has 0 saturated heterocycles. The topological polar surface area (TPSA) is 68.2 Å². The van der Waals surface area contributed by atoms with Crippen LogP contribution in [0.4, 0.5) is 5.82 Å². The molecule has 0 spiro atoms. The molecule has 19 heavy (non-hydrogen) atoms. The zero-order valence-electron chi connectivity index (χ0n) is 11.1. The quantitative estimate of drug-likeness (QED) is 0.780. The second-order valence-corrected chi connectivity index (χ2v) is 4.55. The predicted molar refractivity (Wildman–Crippen MR) is 71.0 cm³/mol. The fraction of sp³-hybridized carbons (Fsp3) is 0.308. The zero-order valence-corrected chi connectivity index (χ0v) is 11.1. The summed E-state index contributed by atoms with van der Waals surface area (Å²) in [5.74, 6) is 1.64. The van der Waals surface area contributed by atoms with Gasteiger partial charge >= 0.3 is 0 Å². The molecule has 0 bridgehead atoms. The van der Waals surface area contributed by atoms with Crippen molar-refractivity contribution >= 4 is 11.5 Å². The minimum absolute atomic E-state index is 0.0871. The van der Waals surface area contributed by atoms with E-state index in [4.69, 9.17) is 4.52 Å². The summed E-state index contributed by atoms with van der Waals surface area (Å²) in [6, 6.07) is 3.85. The SMILES string of the molecule is Cc1noc(C)c1C(C)Nc1ccn2nccc2n1. The van der Waals surface area contributed by atoms with Crippen LogP contribution in [0.2, 0.25) is 0 Å². The highest BCUT2D eigenvalue weighted by molar-refractivity contribution is 5.47. The standard InChI is InChI=1S/C13H15N5O/c1-8(13-9(2)17-19-10(13)3)15-11-5-7-18-12(16-11)4-6-14-18/h4-8H,1-3H3,(H,15,16). The molecule has 0 aliphatic heterocycles. The number of rotatable bonds is 3. The molecule has 3 heterocycles. The maximum atomic E-state index is 5.19. The molecule has 3 aromatic heterocycles. The number of aryl methyl sites for hydroxylation is 2. The summed E-state index contributed by atoms with van der Waals surface area (Å²) in [7, 11) is 0. The van der Waals surface area contributed by atoms with Crippen molar-refractivity contribution in [3.63, 3.8) is 0 Å². The third-order valence-corrected chi connectivity index (χ3v) is 3.14. The van der Waals surface area contributed by atoms with E-state index in [0.717, 1.165) is 28.5 Å². The summed E-state index contributed by atoms with van der Waals surface area (Å²) in [4.78, 5) is 4.48. The first-order chi connectivity index (χ1) is 9.15. The summed E-state index contributed by atoms with van der Waals surface area (Å²) >= 11 is 0. The predicted octanol–water partition coefficient (Wildman–Crippen LogP) is 2.51. The molecule has 1 unspecified atom stereocenters. The Balaban J connectivity index is 1.88. The van der Waals surface area contributed by atoms with Gasteiger partial charge in [0.05, 0.1) is 17.9 Å². The van der Waals surface area contributed by atoms with Crippen molar-refractivity contribution in [3.8, 4) is 0 Å². The van der Waals surface area contributed by atoms with Gasteiger partial charge in [-0.2, -0.15) is 5.10 Å². The minimum atomic E-state index is 0.0871. The number of fused-ring (bicyclic) bond motifs is 1. The van der Waals surface area contributed by atoms with E-state index in [1.807, 2.05) is 32.2 Å². The average Bonchev–Trinajstić information content (AvgIpc) is 2.95. The van der Waals surface area contributed by atoms with Crippen molar-refractivity contribution in [1.82, 2.24) is 19.8 Å². The molecule has 0 aliphatic carbocycles. The van der Waals surface area contributed by atoms with Gasteiger partial charge in [0.25, 0.3) is 0 Å². The third kappa shape index (κ3) is 2.05. The van der Waals surface area contributed by atoms with E-state index in [9.17, 15) is 0 Å². The number of hydrogen-bond acceptors (Lipinski definition) is 5. The van der Waals surface area contributed by atoms with Crippen LogP contribution >= 0.6 is 0 Å². The molecule has 0 fully saturated rings. The molecular weight excluding hydrogens is 242 g/mol. The molecule has 6 nitrogen and oxygen atoms in total. The first-order valence-corrected chi connectivity index (χ1v) is 6.15. The Morgan fingerprint density at radius 3 is 2.89 bits per heavy atom. The lowest BCUT2D eigenvalue weighted by Crippen LogP contribution is -2.10. The van der Waals surface area contributed by atoms with Crippen molar-refractivity contribution < 1.29 is 4.52 Å². The number of hydrogen-bond donors (Lipinski definition) is 1.